The van der Waals surface area contributed by atoms with Gasteiger partial charge in [0.15, 0.2) is 0 Å². The predicted molar refractivity (Wildman–Crippen MR) is 79.8 cm³/mol. The number of nitrogens with zero attached hydrogens (tertiary/aromatic N) is 2. The number of aromatic nitrogens is 2. The molecule has 0 aliphatic carbocycles. The number of nitro benzene ring substituents is 1. The van der Waals surface area contributed by atoms with E-state index in [-0.39, 0.29) is 17.9 Å². The maximum Gasteiger partial charge on any atom is 0.272 e. The molecular formula is C15H11N3O4. The van der Waals surface area contributed by atoms with Gasteiger partial charge in [0, 0.05) is 17.5 Å². The molecule has 0 aliphatic rings. The molecule has 0 saturated carbocycles. The normalized spacial score (nSPS) is 10.5. The van der Waals surface area contributed by atoms with Gasteiger partial charge in [0.05, 0.1) is 10.3 Å². The number of non-ortho nitro benzene ring substituents is 1. The van der Waals surface area contributed by atoms with E-state index < -0.39 is 4.92 Å². The monoisotopic (exact) mass is 297 g/mol. The van der Waals surface area contributed by atoms with Gasteiger partial charge in [-0.2, -0.15) is 5.10 Å². The fourth-order valence-corrected chi connectivity index (χ4v) is 2.10. The highest BCUT2D eigenvalue weighted by atomic mass is 16.6. The maximum atomic E-state index is 11.7. The number of benzene rings is 2. The molecule has 0 amide bonds. The van der Waals surface area contributed by atoms with E-state index in [0.717, 1.165) is 0 Å². The summed E-state index contributed by atoms with van der Waals surface area (Å²) in [4.78, 5) is 21.8. The Bertz CT molecular complexity index is 887. The first-order valence-corrected chi connectivity index (χ1v) is 6.49. The summed E-state index contributed by atoms with van der Waals surface area (Å²) in [7, 11) is 0. The molecule has 0 atom stereocenters. The number of hydrogen-bond donors (Lipinski definition) is 1. The van der Waals surface area contributed by atoms with Crippen LogP contribution in [-0.4, -0.2) is 15.1 Å². The topological polar surface area (TPSA) is 98.1 Å². The number of hydrogen-bond acceptors (Lipinski definition) is 5. The minimum Gasteiger partial charge on any atom is -0.487 e. The molecule has 2 aromatic carbocycles. The van der Waals surface area contributed by atoms with Gasteiger partial charge >= 0.3 is 0 Å². The van der Waals surface area contributed by atoms with Gasteiger partial charge < -0.3 is 4.74 Å². The van der Waals surface area contributed by atoms with E-state index in [1.54, 1.807) is 18.2 Å². The fourth-order valence-electron chi connectivity index (χ4n) is 2.10. The molecule has 22 heavy (non-hydrogen) atoms. The van der Waals surface area contributed by atoms with Gasteiger partial charge in [-0.3, -0.25) is 14.9 Å². The van der Waals surface area contributed by atoms with Gasteiger partial charge in [-0.15, -0.1) is 0 Å². The van der Waals surface area contributed by atoms with E-state index >= 15 is 0 Å². The van der Waals surface area contributed by atoms with Crippen LogP contribution in [0.25, 0.3) is 10.8 Å². The maximum absolute atomic E-state index is 11.7. The summed E-state index contributed by atoms with van der Waals surface area (Å²) in [6.07, 6.45) is 0. The lowest BCUT2D eigenvalue weighted by Crippen LogP contribution is -2.12. The van der Waals surface area contributed by atoms with Crippen LogP contribution < -0.4 is 10.3 Å². The van der Waals surface area contributed by atoms with Crippen molar-refractivity contribution in [3.63, 3.8) is 0 Å². The molecule has 0 aliphatic heterocycles. The number of rotatable bonds is 4. The molecule has 0 fully saturated rings. The lowest BCUT2D eigenvalue weighted by Gasteiger charge is -2.07. The van der Waals surface area contributed by atoms with Crippen LogP contribution in [-0.2, 0) is 6.61 Å². The second-order valence-electron chi connectivity index (χ2n) is 4.58. The van der Waals surface area contributed by atoms with Crippen molar-refractivity contribution in [2.24, 2.45) is 0 Å². The Morgan fingerprint density at radius 3 is 2.45 bits per heavy atom. The summed E-state index contributed by atoms with van der Waals surface area (Å²) in [5, 5.41) is 18.3. The Morgan fingerprint density at radius 2 is 1.77 bits per heavy atom. The van der Waals surface area contributed by atoms with Crippen molar-refractivity contribution in [3.05, 3.63) is 74.7 Å². The molecule has 0 spiro atoms. The molecule has 0 radical (unpaired) electrons. The molecule has 110 valence electrons. The smallest absolute Gasteiger partial charge is 0.272 e. The van der Waals surface area contributed by atoms with Crippen LogP contribution in [0, 0.1) is 10.1 Å². The second kappa shape index (κ2) is 5.65. The summed E-state index contributed by atoms with van der Waals surface area (Å²) >= 11 is 0. The third kappa shape index (κ3) is 2.64. The van der Waals surface area contributed by atoms with Gasteiger partial charge in [-0.1, -0.05) is 18.2 Å². The van der Waals surface area contributed by atoms with Gasteiger partial charge in [-0.05, 0) is 18.2 Å². The molecule has 7 heteroatoms. The zero-order valence-electron chi connectivity index (χ0n) is 11.4. The van der Waals surface area contributed by atoms with Crippen LogP contribution in [0.3, 0.4) is 0 Å². The van der Waals surface area contributed by atoms with Gasteiger partial charge in [-0.25, -0.2) is 5.10 Å². The third-order valence-corrected chi connectivity index (χ3v) is 3.20. The van der Waals surface area contributed by atoms with Crippen molar-refractivity contribution < 1.29 is 9.66 Å². The molecule has 1 heterocycles. The summed E-state index contributed by atoms with van der Waals surface area (Å²) in [6, 6.07) is 12.9. The lowest BCUT2D eigenvalue weighted by molar-refractivity contribution is -0.384. The minimum absolute atomic E-state index is 0.0000315. The highest BCUT2D eigenvalue weighted by Crippen LogP contribution is 2.19. The Kier molecular flexibility index (Phi) is 3.53. The van der Waals surface area contributed by atoms with Crippen molar-refractivity contribution in [2.75, 3.05) is 0 Å². The molecule has 7 nitrogen and oxygen atoms in total. The number of H-pyrrole nitrogens is 1. The Hall–Kier alpha value is -3.22. The quantitative estimate of drug-likeness (QED) is 0.589. The van der Waals surface area contributed by atoms with Gasteiger partial charge in [0.1, 0.15) is 18.1 Å². The first kappa shape index (κ1) is 13.7. The van der Waals surface area contributed by atoms with Crippen LogP contribution in [0.2, 0.25) is 0 Å². The minimum atomic E-state index is -0.471. The Labute approximate surface area is 124 Å². The molecule has 1 N–H and O–H groups in total. The Morgan fingerprint density at radius 1 is 1.09 bits per heavy atom. The van der Waals surface area contributed by atoms with Crippen LogP contribution in [0.15, 0.2) is 53.3 Å². The Balaban J connectivity index is 1.84. The second-order valence-corrected chi connectivity index (χ2v) is 4.58. The van der Waals surface area contributed by atoms with Gasteiger partial charge in [0.2, 0.25) is 0 Å². The first-order chi connectivity index (χ1) is 10.6. The predicted octanol–water partition coefficient (Wildman–Crippen LogP) is 2.41. The SMILES string of the molecule is O=c1[nH]nc(COc2ccc([N+](=O)[O-])cc2)c2ccccc12. The summed E-state index contributed by atoms with van der Waals surface area (Å²) in [6.45, 7) is 0.148. The average molecular weight is 297 g/mol. The van der Waals surface area contributed by atoms with E-state index in [4.69, 9.17) is 4.74 Å². The van der Waals surface area contributed by atoms with E-state index in [9.17, 15) is 14.9 Å². The fraction of sp³-hybridized carbons (Fsp3) is 0.0667. The van der Waals surface area contributed by atoms with Crippen LogP contribution in [0.4, 0.5) is 5.69 Å². The van der Waals surface area contributed by atoms with Crippen molar-refractivity contribution in [3.8, 4) is 5.75 Å². The zero-order valence-corrected chi connectivity index (χ0v) is 11.4. The van der Waals surface area contributed by atoms with E-state index in [2.05, 4.69) is 10.2 Å². The lowest BCUT2D eigenvalue weighted by atomic mass is 10.1. The summed E-state index contributed by atoms with van der Waals surface area (Å²) < 4.78 is 5.57. The third-order valence-electron chi connectivity index (χ3n) is 3.20. The molecule has 3 rings (SSSR count). The number of nitrogens with one attached hydrogen (secondary N) is 1. The highest BCUT2D eigenvalue weighted by molar-refractivity contribution is 5.83. The molecule has 0 saturated heterocycles. The van der Waals surface area contributed by atoms with E-state index in [0.29, 0.717) is 22.2 Å². The van der Waals surface area contributed by atoms with E-state index in [1.165, 1.54) is 24.3 Å². The van der Waals surface area contributed by atoms with Crippen molar-refractivity contribution >= 4 is 16.5 Å². The highest BCUT2D eigenvalue weighted by Gasteiger charge is 2.08. The summed E-state index contributed by atoms with van der Waals surface area (Å²) in [5.74, 6) is 0.489. The number of ether oxygens (including phenoxy) is 1. The van der Waals surface area contributed by atoms with Crippen LogP contribution >= 0.6 is 0 Å². The van der Waals surface area contributed by atoms with Crippen molar-refractivity contribution in [2.45, 2.75) is 6.61 Å². The molecule has 0 bridgehead atoms. The number of fused-ring (bicyclic) bond motifs is 1. The molecular weight excluding hydrogens is 286 g/mol. The molecule has 1 aromatic heterocycles. The van der Waals surface area contributed by atoms with Crippen LogP contribution in [0.5, 0.6) is 5.75 Å². The van der Waals surface area contributed by atoms with Gasteiger partial charge in [0.25, 0.3) is 11.2 Å². The molecule has 0 unspecified atom stereocenters. The number of aromatic amines is 1. The van der Waals surface area contributed by atoms with Crippen molar-refractivity contribution in [1.29, 1.82) is 0 Å². The van der Waals surface area contributed by atoms with Crippen molar-refractivity contribution in [1.82, 2.24) is 10.2 Å². The zero-order chi connectivity index (χ0) is 15.5. The number of nitro groups is 1. The standard InChI is InChI=1S/C15H11N3O4/c19-15-13-4-2-1-3-12(13)14(16-17-15)9-22-11-7-5-10(6-8-11)18(20)21/h1-8H,9H2,(H,17,19). The largest absolute Gasteiger partial charge is 0.487 e. The molecule has 3 aromatic rings. The van der Waals surface area contributed by atoms with E-state index in [1.807, 2.05) is 6.07 Å². The first-order valence-electron chi connectivity index (χ1n) is 6.49. The average Bonchev–Trinajstić information content (AvgIpc) is 2.55. The van der Waals surface area contributed by atoms with Crippen LogP contribution in [0.1, 0.15) is 5.69 Å². The summed E-state index contributed by atoms with van der Waals surface area (Å²) in [5.41, 5.74) is 0.336.